The van der Waals surface area contributed by atoms with Gasteiger partial charge in [0.2, 0.25) is 0 Å². The van der Waals surface area contributed by atoms with Gasteiger partial charge in [0.05, 0.1) is 19.2 Å². The maximum absolute atomic E-state index is 11.7. The van der Waals surface area contributed by atoms with Crippen molar-refractivity contribution in [3.63, 3.8) is 0 Å². The van der Waals surface area contributed by atoms with Gasteiger partial charge in [0.15, 0.2) is 18.1 Å². The Bertz CT molecular complexity index is 628. The minimum absolute atomic E-state index is 0.312. The van der Waals surface area contributed by atoms with Gasteiger partial charge in [-0.15, -0.1) is 0 Å². The van der Waals surface area contributed by atoms with Gasteiger partial charge in [-0.05, 0) is 36.1 Å². The van der Waals surface area contributed by atoms with Gasteiger partial charge >= 0.3 is 5.97 Å². The number of hydrogen-bond acceptors (Lipinski definition) is 5. The topological polar surface area (TPSA) is 73.9 Å². The number of carbonyl (C=O) groups is 2. The molecule has 1 aromatic carbocycles. The molecule has 0 unspecified atom stereocenters. The van der Waals surface area contributed by atoms with Gasteiger partial charge in [-0.3, -0.25) is 4.79 Å². The highest BCUT2D eigenvalue weighted by Crippen LogP contribution is 2.36. The van der Waals surface area contributed by atoms with E-state index in [0.717, 1.165) is 6.42 Å². The van der Waals surface area contributed by atoms with Crippen LogP contribution in [-0.2, 0) is 14.3 Å². The zero-order valence-electron chi connectivity index (χ0n) is 14.9. The number of methoxy groups -OCH3 is 2. The summed E-state index contributed by atoms with van der Waals surface area (Å²) in [5.74, 6) is 0.426. The predicted octanol–water partition coefficient (Wildman–Crippen LogP) is 3.08. The van der Waals surface area contributed by atoms with E-state index in [4.69, 9.17) is 25.8 Å². The monoisotopic (exact) mass is 369 g/mol. The molecule has 7 heteroatoms. The first-order valence-electron chi connectivity index (χ1n) is 7.90. The average molecular weight is 370 g/mol. The van der Waals surface area contributed by atoms with E-state index in [9.17, 15) is 9.59 Å². The van der Waals surface area contributed by atoms with Crippen molar-refractivity contribution in [1.82, 2.24) is 5.32 Å². The van der Waals surface area contributed by atoms with Gasteiger partial charge in [-0.2, -0.15) is 0 Å². The summed E-state index contributed by atoms with van der Waals surface area (Å²) in [6.45, 7) is 4.39. The van der Waals surface area contributed by atoms with Crippen LogP contribution in [0, 0.1) is 5.92 Å². The lowest BCUT2D eigenvalue weighted by Crippen LogP contribution is -2.29. The summed E-state index contributed by atoms with van der Waals surface area (Å²) < 4.78 is 15.2. The molecule has 0 radical (unpaired) electrons. The van der Waals surface area contributed by atoms with E-state index in [1.165, 1.54) is 26.4 Å². The van der Waals surface area contributed by atoms with Crippen LogP contribution in [0.2, 0.25) is 5.02 Å². The number of rotatable bonds is 9. The van der Waals surface area contributed by atoms with E-state index < -0.39 is 5.97 Å². The molecule has 0 aliphatic heterocycles. The van der Waals surface area contributed by atoms with E-state index in [1.54, 1.807) is 12.1 Å². The van der Waals surface area contributed by atoms with Crippen molar-refractivity contribution in [2.24, 2.45) is 5.92 Å². The largest absolute Gasteiger partial charge is 0.493 e. The fourth-order valence-corrected chi connectivity index (χ4v) is 2.23. The molecule has 0 heterocycles. The third kappa shape index (κ3) is 7.47. The van der Waals surface area contributed by atoms with Gasteiger partial charge < -0.3 is 19.5 Å². The van der Waals surface area contributed by atoms with E-state index in [2.05, 4.69) is 19.2 Å². The van der Waals surface area contributed by atoms with Gasteiger partial charge in [-0.25, -0.2) is 4.79 Å². The Morgan fingerprint density at radius 1 is 1.24 bits per heavy atom. The lowest BCUT2D eigenvalue weighted by Gasteiger charge is -2.10. The van der Waals surface area contributed by atoms with Crippen LogP contribution in [0.1, 0.15) is 25.8 Å². The van der Waals surface area contributed by atoms with Crippen LogP contribution in [0.5, 0.6) is 11.5 Å². The summed E-state index contributed by atoms with van der Waals surface area (Å²) in [5, 5.41) is 3.05. The van der Waals surface area contributed by atoms with Crippen LogP contribution in [-0.4, -0.2) is 39.2 Å². The first kappa shape index (κ1) is 20.8. The molecule has 138 valence electrons. The smallest absolute Gasteiger partial charge is 0.331 e. The third-order valence-electron chi connectivity index (χ3n) is 3.26. The van der Waals surface area contributed by atoms with Crippen molar-refractivity contribution < 1.29 is 23.8 Å². The molecular weight excluding hydrogens is 346 g/mol. The Hall–Kier alpha value is -2.21. The van der Waals surface area contributed by atoms with Crippen molar-refractivity contribution in [3.8, 4) is 11.5 Å². The van der Waals surface area contributed by atoms with Gasteiger partial charge in [0, 0.05) is 12.6 Å². The molecule has 1 N–H and O–H groups in total. The second-order valence-corrected chi connectivity index (χ2v) is 6.12. The molecule has 1 rings (SSSR count). The second-order valence-electron chi connectivity index (χ2n) is 5.71. The number of benzene rings is 1. The Balaban J connectivity index is 2.54. The van der Waals surface area contributed by atoms with Crippen molar-refractivity contribution in [2.75, 3.05) is 27.4 Å². The fraction of sp³-hybridized carbons (Fsp3) is 0.444. The summed E-state index contributed by atoms with van der Waals surface area (Å²) in [6.07, 6.45) is 3.62. The van der Waals surface area contributed by atoms with Gasteiger partial charge in [0.1, 0.15) is 0 Å². The highest BCUT2D eigenvalue weighted by Gasteiger charge is 2.10. The van der Waals surface area contributed by atoms with E-state index in [-0.39, 0.29) is 12.5 Å². The number of hydrogen-bond donors (Lipinski definition) is 1. The van der Waals surface area contributed by atoms with Crippen LogP contribution in [0.4, 0.5) is 0 Å². The van der Waals surface area contributed by atoms with Crippen LogP contribution in [0.15, 0.2) is 18.2 Å². The van der Waals surface area contributed by atoms with Crippen LogP contribution >= 0.6 is 11.6 Å². The van der Waals surface area contributed by atoms with E-state index >= 15 is 0 Å². The number of amides is 1. The molecule has 0 saturated carbocycles. The summed E-state index contributed by atoms with van der Waals surface area (Å²) in [7, 11) is 2.98. The minimum atomic E-state index is -0.620. The van der Waals surface area contributed by atoms with Crippen LogP contribution in [0.3, 0.4) is 0 Å². The van der Waals surface area contributed by atoms with Crippen molar-refractivity contribution in [3.05, 3.63) is 28.8 Å². The van der Waals surface area contributed by atoms with Crippen LogP contribution < -0.4 is 14.8 Å². The molecule has 0 spiro atoms. The average Bonchev–Trinajstić information content (AvgIpc) is 2.57. The number of ether oxygens (including phenoxy) is 3. The van der Waals surface area contributed by atoms with E-state index in [0.29, 0.717) is 34.5 Å². The Morgan fingerprint density at radius 2 is 1.96 bits per heavy atom. The molecule has 25 heavy (non-hydrogen) atoms. The third-order valence-corrected chi connectivity index (χ3v) is 3.54. The number of carbonyl (C=O) groups excluding carboxylic acids is 2. The summed E-state index contributed by atoms with van der Waals surface area (Å²) in [5.41, 5.74) is 0.640. The SMILES string of the molecule is COc1cc(/C=C/C(=O)OCC(=O)NCCC(C)C)cc(Cl)c1OC. The van der Waals surface area contributed by atoms with Crippen LogP contribution in [0.25, 0.3) is 6.08 Å². The summed E-state index contributed by atoms with van der Waals surface area (Å²) in [6, 6.07) is 3.30. The molecule has 1 amide bonds. The van der Waals surface area contributed by atoms with Crippen molar-refractivity contribution in [1.29, 1.82) is 0 Å². The normalized spacial score (nSPS) is 10.8. The highest BCUT2D eigenvalue weighted by molar-refractivity contribution is 6.32. The lowest BCUT2D eigenvalue weighted by molar-refractivity contribution is -0.143. The lowest BCUT2D eigenvalue weighted by atomic mass is 10.1. The molecule has 0 fully saturated rings. The molecule has 6 nitrogen and oxygen atoms in total. The predicted molar refractivity (Wildman–Crippen MR) is 97.0 cm³/mol. The summed E-state index contributed by atoms with van der Waals surface area (Å²) >= 11 is 6.09. The molecular formula is C18H24ClNO5. The maximum atomic E-state index is 11.7. The molecule has 0 aromatic heterocycles. The molecule has 0 bridgehead atoms. The molecule has 0 saturated heterocycles. The van der Waals surface area contributed by atoms with Gasteiger partial charge in [-0.1, -0.05) is 25.4 Å². The maximum Gasteiger partial charge on any atom is 0.331 e. The first-order chi connectivity index (χ1) is 11.9. The standard InChI is InChI=1S/C18H24ClNO5/c1-12(2)7-8-20-16(21)11-25-17(22)6-5-13-9-14(19)18(24-4)15(10-13)23-3/h5-6,9-10,12H,7-8,11H2,1-4H3,(H,20,21)/b6-5+. The molecule has 0 aliphatic rings. The number of halogens is 1. The first-order valence-corrected chi connectivity index (χ1v) is 8.28. The zero-order valence-corrected chi connectivity index (χ0v) is 15.7. The zero-order chi connectivity index (χ0) is 18.8. The Kier molecular flexibility index (Phi) is 8.84. The quantitative estimate of drug-likeness (QED) is 0.535. The highest BCUT2D eigenvalue weighted by atomic mass is 35.5. The number of nitrogens with one attached hydrogen (secondary N) is 1. The summed E-state index contributed by atoms with van der Waals surface area (Å²) in [4.78, 5) is 23.2. The van der Waals surface area contributed by atoms with Gasteiger partial charge in [0.25, 0.3) is 5.91 Å². The van der Waals surface area contributed by atoms with Crippen molar-refractivity contribution in [2.45, 2.75) is 20.3 Å². The molecule has 0 aliphatic carbocycles. The van der Waals surface area contributed by atoms with Crippen molar-refractivity contribution >= 4 is 29.6 Å². The number of esters is 1. The second kappa shape index (κ2) is 10.6. The Morgan fingerprint density at radius 3 is 2.56 bits per heavy atom. The van der Waals surface area contributed by atoms with E-state index in [1.807, 2.05) is 0 Å². The molecule has 1 aromatic rings. The molecule has 0 atom stereocenters. The minimum Gasteiger partial charge on any atom is -0.493 e. The fourth-order valence-electron chi connectivity index (χ4n) is 1.93. The Labute approximate surface area is 153 Å².